The summed E-state index contributed by atoms with van der Waals surface area (Å²) in [5.74, 6) is 0.714. The Hall–Kier alpha value is -1.39. The van der Waals surface area contributed by atoms with Crippen LogP contribution in [0.1, 0.15) is 24.2 Å². The minimum atomic E-state index is 0.0374. The van der Waals surface area contributed by atoms with Crippen LogP contribution in [0, 0.1) is 0 Å². The molecule has 0 bridgehead atoms. The van der Waals surface area contributed by atoms with Gasteiger partial charge in [0.15, 0.2) is 5.78 Å². The van der Waals surface area contributed by atoms with Crippen LogP contribution in [0.3, 0.4) is 0 Å². The van der Waals surface area contributed by atoms with Crippen molar-refractivity contribution in [1.82, 2.24) is 4.90 Å². The van der Waals surface area contributed by atoms with Gasteiger partial charge in [-0.1, -0.05) is 12.1 Å². The first-order valence-electron chi connectivity index (χ1n) is 6.73. The SMILES string of the molecule is CC(=O)c1ccccc1OCCN1CCOCC1C. The molecule has 4 heteroatoms. The zero-order chi connectivity index (χ0) is 13.7. The predicted molar refractivity (Wildman–Crippen MR) is 73.8 cm³/mol. The Morgan fingerprint density at radius 3 is 3.00 bits per heavy atom. The molecule has 1 saturated heterocycles. The maximum absolute atomic E-state index is 11.5. The predicted octanol–water partition coefficient (Wildman–Crippen LogP) is 1.99. The number of benzene rings is 1. The number of carbonyl (C=O) groups is 1. The normalized spacial score (nSPS) is 20.2. The Morgan fingerprint density at radius 1 is 1.47 bits per heavy atom. The molecular weight excluding hydrogens is 242 g/mol. The number of Topliss-reactive ketones (excluding diaryl/α,β-unsaturated/α-hetero) is 1. The van der Waals surface area contributed by atoms with Gasteiger partial charge in [0.1, 0.15) is 12.4 Å². The summed E-state index contributed by atoms with van der Waals surface area (Å²) in [5.41, 5.74) is 0.650. The maximum atomic E-state index is 11.5. The third-order valence-electron chi connectivity index (χ3n) is 3.41. The molecule has 1 aromatic carbocycles. The minimum Gasteiger partial charge on any atom is -0.491 e. The highest BCUT2D eigenvalue weighted by molar-refractivity contribution is 5.96. The lowest BCUT2D eigenvalue weighted by Gasteiger charge is -2.33. The molecule has 0 aliphatic carbocycles. The van der Waals surface area contributed by atoms with Crippen molar-refractivity contribution in [3.8, 4) is 5.75 Å². The van der Waals surface area contributed by atoms with E-state index in [1.54, 1.807) is 13.0 Å². The molecule has 104 valence electrons. The fourth-order valence-corrected chi connectivity index (χ4v) is 2.25. The molecule has 0 saturated carbocycles. The molecule has 4 nitrogen and oxygen atoms in total. The minimum absolute atomic E-state index is 0.0374. The standard InChI is InChI=1S/C15H21NO3/c1-12-11-18-9-7-16(12)8-10-19-15-6-4-3-5-14(15)13(2)17/h3-6,12H,7-11H2,1-2H3. The molecule has 0 N–H and O–H groups in total. The number of ether oxygens (including phenoxy) is 2. The van der Waals surface area contributed by atoms with Gasteiger partial charge in [0.25, 0.3) is 0 Å². The Labute approximate surface area is 114 Å². The van der Waals surface area contributed by atoms with E-state index in [2.05, 4.69) is 11.8 Å². The van der Waals surface area contributed by atoms with Crippen LogP contribution in [0.4, 0.5) is 0 Å². The van der Waals surface area contributed by atoms with Crippen LogP contribution in [0.5, 0.6) is 5.75 Å². The van der Waals surface area contributed by atoms with Crippen molar-refractivity contribution in [3.05, 3.63) is 29.8 Å². The third kappa shape index (κ3) is 3.78. The van der Waals surface area contributed by atoms with E-state index < -0.39 is 0 Å². The molecule has 0 radical (unpaired) electrons. The molecule has 1 fully saturated rings. The molecule has 2 rings (SSSR count). The van der Waals surface area contributed by atoms with Crippen LogP contribution >= 0.6 is 0 Å². The molecule has 1 unspecified atom stereocenters. The van der Waals surface area contributed by atoms with Gasteiger partial charge in [0.2, 0.25) is 0 Å². The van der Waals surface area contributed by atoms with Crippen LogP contribution in [-0.4, -0.2) is 49.6 Å². The molecular formula is C15H21NO3. The third-order valence-corrected chi connectivity index (χ3v) is 3.41. The fraction of sp³-hybridized carbons (Fsp3) is 0.533. The Balaban J connectivity index is 1.87. The highest BCUT2D eigenvalue weighted by Gasteiger charge is 2.18. The lowest BCUT2D eigenvalue weighted by atomic mass is 10.1. The second-order valence-corrected chi connectivity index (χ2v) is 4.86. The van der Waals surface area contributed by atoms with Gasteiger partial charge in [-0.25, -0.2) is 0 Å². The summed E-state index contributed by atoms with van der Waals surface area (Å²) in [5, 5.41) is 0. The maximum Gasteiger partial charge on any atom is 0.163 e. The van der Waals surface area contributed by atoms with E-state index >= 15 is 0 Å². The van der Waals surface area contributed by atoms with Gasteiger partial charge < -0.3 is 9.47 Å². The van der Waals surface area contributed by atoms with Crippen LogP contribution < -0.4 is 4.74 Å². The molecule has 0 spiro atoms. The van der Waals surface area contributed by atoms with Gasteiger partial charge >= 0.3 is 0 Å². The first-order valence-corrected chi connectivity index (χ1v) is 6.73. The van der Waals surface area contributed by atoms with Gasteiger partial charge in [0.05, 0.1) is 18.8 Å². The van der Waals surface area contributed by atoms with Crippen molar-refractivity contribution in [2.45, 2.75) is 19.9 Å². The quantitative estimate of drug-likeness (QED) is 0.762. The Kier molecular flexibility index (Phi) is 4.93. The summed E-state index contributed by atoms with van der Waals surface area (Å²) >= 11 is 0. The zero-order valence-corrected chi connectivity index (χ0v) is 11.6. The Morgan fingerprint density at radius 2 is 2.26 bits per heavy atom. The molecule has 1 heterocycles. The Bertz CT molecular complexity index is 433. The summed E-state index contributed by atoms with van der Waals surface area (Å²) in [4.78, 5) is 13.8. The first-order chi connectivity index (χ1) is 9.18. The summed E-state index contributed by atoms with van der Waals surface area (Å²) in [6, 6.07) is 7.82. The summed E-state index contributed by atoms with van der Waals surface area (Å²) in [6.45, 7) is 7.68. The van der Waals surface area contributed by atoms with Gasteiger partial charge in [-0.05, 0) is 26.0 Å². The van der Waals surface area contributed by atoms with Crippen LogP contribution in [0.2, 0.25) is 0 Å². The number of rotatable bonds is 5. The number of ketones is 1. The summed E-state index contributed by atoms with van der Waals surface area (Å²) in [7, 11) is 0. The fourth-order valence-electron chi connectivity index (χ4n) is 2.25. The second-order valence-electron chi connectivity index (χ2n) is 4.86. The van der Waals surface area contributed by atoms with Crippen LogP contribution in [0.25, 0.3) is 0 Å². The average molecular weight is 263 g/mol. The molecule has 0 amide bonds. The zero-order valence-electron chi connectivity index (χ0n) is 11.6. The smallest absolute Gasteiger partial charge is 0.163 e. The van der Waals surface area contributed by atoms with Gasteiger partial charge in [-0.3, -0.25) is 9.69 Å². The summed E-state index contributed by atoms with van der Waals surface area (Å²) < 4.78 is 11.1. The van der Waals surface area contributed by atoms with E-state index in [1.165, 1.54) is 0 Å². The molecule has 19 heavy (non-hydrogen) atoms. The molecule has 1 atom stereocenters. The van der Waals surface area contributed by atoms with E-state index in [9.17, 15) is 4.79 Å². The van der Waals surface area contributed by atoms with Gasteiger partial charge in [-0.15, -0.1) is 0 Å². The largest absolute Gasteiger partial charge is 0.491 e. The van der Waals surface area contributed by atoms with Crippen molar-refractivity contribution < 1.29 is 14.3 Å². The molecule has 1 aromatic rings. The molecule has 1 aliphatic heterocycles. The van der Waals surface area contributed by atoms with E-state index in [0.717, 1.165) is 26.3 Å². The number of carbonyl (C=O) groups excluding carboxylic acids is 1. The van der Waals surface area contributed by atoms with Gasteiger partial charge in [0, 0.05) is 19.1 Å². The summed E-state index contributed by atoms with van der Waals surface area (Å²) in [6.07, 6.45) is 0. The highest BCUT2D eigenvalue weighted by Crippen LogP contribution is 2.18. The lowest BCUT2D eigenvalue weighted by Crippen LogP contribution is -2.45. The van der Waals surface area contributed by atoms with Crippen molar-refractivity contribution in [2.75, 3.05) is 32.9 Å². The van der Waals surface area contributed by atoms with Crippen molar-refractivity contribution >= 4 is 5.78 Å². The number of hydrogen-bond acceptors (Lipinski definition) is 4. The van der Waals surface area contributed by atoms with Gasteiger partial charge in [-0.2, -0.15) is 0 Å². The van der Waals surface area contributed by atoms with E-state index in [1.807, 2.05) is 18.2 Å². The number of morpholine rings is 1. The topological polar surface area (TPSA) is 38.8 Å². The second kappa shape index (κ2) is 6.68. The monoisotopic (exact) mass is 263 g/mol. The van der Waals surface area contributed by atoms with Crippen molar-refractivity contribution in [2.24, 2.45) is 0 Å². The van der Waals surface area contributed by atoms with E-state index in [-0.39, 0.29) is 5.78 Å². The first kappa shape index (κ1) is 14.0. The van der Waals surface area contributed by atoms with Crippen LogP contribution in [0.15, 0.2) is 24.3 Å². The van der Waals surface area contributed by atoms with Crippen molar-refractivity contribution in [3.63, 3.8) is 0 Å². The number of para-hydroxylation sites is 1. The highest BCUT2D eigenvalue weighted by atomic mass is 16.5. The van der Waals surface area contributed by atoms with E-state index in [4.69, 9.17) is 9.47 Å². The number of hydrogen-bond donors (Lipinski definition) is 0. The van der Waals surface area contributed by atoms with Crippen molar-refractivity contribution in [1.29, 1.82) is 0 Å². The van der Waals surface area contributed by atoms with Crippen LogP contribution in [-0.2, 0) is 4.74 Å². The number of nitrogens with zero attached hydrogens (tertiary/aromatic N) is 1. The molecule has 0 aromatic heterocycles. The average Bonchev–Trinajstić information content (AvgIpc) is 2.41. The van der Waals surface area contributed by atoms with E-state index in [0.29, 0.717) is 24.0 Å². The lowest BCUT2D eigenvalue weighted by molar-refractivity contribution is -0.00517. The molecule has 1 aliphatic rings.